The Bertz CT molecular complexity index is 445. The number of hydrogen-bond donors (Lipinski definition) is 0. The highest BCUT2D eigenvalue weighted by Gasteiger charge is 2.16. The molecule has 0 spiro atoms. The summed E-state index contributed by atoms with van der Waals surface area (Å²) in [7, 11) is 0. The van der Waals surface area contributed by atoms with E-state index in [0.717, 1.165) is 25.9 Å². The highest BCUT2D eigenvalue weighted by atomic mass is 35.5. The molecule has 5 heteroatoms. The molecule has 0 N–H and O–H groups in total. The molecule has 0 saturated carbocycles. The van der Waals surface area contributed by atoms with E-state index in [1.165, 1.54) is 31.0 Å². The second kappa shape index (κ2) is 6.75. The number of benzene rings is 1. The van der Waals surface area contributed by atoms with Crippen molar-refractivity contribution in [1.29, 1.82) is 0 Å². The van der Waals surface area contributed by atoms with E-state index < -0.39 is 5.82 Å². The predicted octanol–water partition coefficient (Wildman–Crippen LogP) is 3.26. The maximum atomic E-state index is 12.9. The predicted molar refractivity (Wildman–Crippen MR) is 72.0 cm³/mol. The van der Waals surface area contributed by atoms with E-state index in [1.54, 1.807) is 0 Å². The number of ether oxygens (including phenoxy) is 1. The molecule has 1 fully saturated rings. The number of nitrogens with zero attached hydrogens (tertiary/aromatic N) is 1. The SMILES string of the molecule is O=C(COc1ccc(F)cc1Cl)N1CCCCCC1. The third-order valence-corrected chi connectivity index (χ3v) is 3.50. The molecule has 19 heavy (non-hydrogen) atoms. The third kappa shape index (κ3) is 4.10. The van der Waals surface area contributed by atoms with E-state index in [2.05, 4.69) is 0 Å². The Morgan fingerprint density at radius 1 is 1.26 bits per heavy atom. The molecule has 104 valence electrons. The normalized spacial score (nSPS) is 16.0. The van der Waals surface area contributed by atoms with Crippen LogP contribution in [-0.2, 0) is 4.79 Å². The van der Waals surface area contributed by atoms with Crippen LogP contribution in [0, 0.1) is 5.82 Å². The third-order valence-electron chi connectivity index (χ3n) is 3.20. The molecule has 0 radical (unpaired) electrons. The van der Waals surface area contributed by atoms with Crippen molar-refractivity contribution in [2.24, 2.45) is 0 Å². The van der Waals surface area contributed by atoms with Gasteiger partial charge < -0.3 is 9.64 Å². The van der Waals surface area contributed by atoms with E-state index in [4.69, 9.17) is 16.3 Å². The topological polar surface area (TPSA) is 29.5 Å². The lowest BCUT2D eigenvalue weighted by atomic mass is 10.2. The number of rotatable bonds is 3. The average Bonchev–Trinajstić information content (AvgIpc) is 2.66. The zero-order chi connectivity index (χ0) is 13.7. The first-order chi connectivity index (χ1) is 9.16. The summed E-state index contributed by atoms with van der Waals surface area (Å²) >= 11 is 5.83. The van der Waals surface area contributed by atoms with Gasteiger partial charge in [-0.3, -0.25) is 4.79 Å². The molecule has 1 saturated heterocycles. The van der Waals surface area contributed by atoms with Crippen LogP contribution in [0.1, 0.15) is 25.7 Å². The molecule has 1 amide bonds. The zero-order valence-electron chi connectivity index (χ0n) is 10.7. The van der Waals surface area contributed by atoms with Crippen LogP contribution in [0.5, 0.6) is 5.75 Å². The van der Waals surface area contributed by atoms with Gasteiger partial charge in [0.05, 0.1) is 5.02 Å². The largest absolute Gasteiger partial charge is 0.482 e. The Labute approximate surface area is 117 Å². The van der Waals surface area contributed by atoms with Gasteiger partial charge in [-0.1, -0.05) is 24.4 Å². The number of carbonyl (C=O) groups is 1. The van der Waals surface area contributed by atoms with Crippen LogP contribution in [0.15, 0.2) is 18.2 Å². The second-order valence-electron chi connectivity index (χ2n) is 4.66. The summed E-state index contributed by atoms with van der Waals surface area (Å²) in [6.07, 6.45) is 4.44. The van der Waals surface area contributed by atoms with Crippen molar-refractivity contribution in [3.8, 4) is 5.75 Å². The van der Waals surface area contributed by atoms with Gasteiger partial charge in [0.15, 0.2) is 6.61 Å². The first kappa shape index (κ1) is 14.1. The lowest BCUT2D eigenvalue weighted by Crippen LogP contribution is -2.35. The molecule has 2 rings (SSSR count). The lowest BCUT2D eigenvalue weighted by Gasteiger charge is -2.20. The van der Waals surface area contributed by atoms with Gasteiger partial charge in [-0.15, -0.1) is 0 Å². The highest BCUT2D eigenvalue weighted by molar-refractivity contribution is 6.32. The van der Waals surface area contributed by atoms with Crippen LogP contribution >= 0.6 is 11.6 Å². The van der Waals surface area contributed by atoms with E-state index in [-0.39, 0.29) is 17.5 Å². The summed E-state index contributed by atoms with van der Waals surface area (Å²) in [5.74, 6) is -0.121. The van der Waals surface area contributed by atoms with Crippen molar-refractivity contribution >= 4 is 17.5 Å². The Kier molecular flexibility index (Phi) is 5.02. The summed E-state index contributed by atoms with van der Waals surface area (Å²) in [6, 6.07) is 3.87. The van der Waals surface area contributed by atoms with Gasteiger partial charge in [0.25, 0.3) is 5.91 Å². The van der Waals surface area contributed by atoms with Gasteiger partial charge in [-0.25, -0.2) is 4.39 Å². The summed E-state index contributed by atoms with van der Waals surface area (Å²) in [6.45, 7) is 1.53. The summed E-state index contributed by atoms with van der Waals surface area (Å²) in [5.41, 5.74) is 0. The number of hydrogen-bond acceptors (Lipinski definition) is 2. The van der Waals surface area contributed by atoms with Crippen LogP contribution in [0.25, 0.3) is 0 Å². The summed E-state index contributed by atoms with van der Waals surface area (Å²) in [4.78, 5) is 13.8. The zero-order valence-corrected chi connectivity index (χ0v) is 11.5. The van der Waals surface area contributed by atoms with Crippen molar-refractivity contribution in [2.75, 3.05) is 19.7 Å². The van der Waals surface area contributed by atoms with Crippen LogP contribution in [0.4, 0.5) is 4.39 Å². The molecular formula is C14H17ClFNO2. The molecule has 0 unspecified atom stereocenters. The molecule has 1 heterocycles. The second-order valence-corrected chi connectivity index (χ2v) is 5.07. The van der Waals surface area contributed by atoms with Crippen molar-refractivity contribution in [3.63, 3.8) is 0 Å². The smallest absolute Gasteiger partial charge is 0.260 e. The maximum Gasteiger partial charge on any atom is 0.260 e. The Balaban J connectivity index is 1.88. The number of amides is 1. The Morgan fingerprint density at radius 3 is 2.58 bits per heavy atom. The minimum atomic E-state index is -0.420. The van der Waals surface area contributed by atoms with E-state index >= 15 is 0 Å². The molecular weight excluding hydrogens is 269 g/mol. The standard InChI is InChI=1S/C14H17ClFNO2/c15-12-9-11(16)5-6-13(12)19-10-14(18)17-7-3-1-2-4-8-17/h5-6,9H,1-4,7-8,10H2. The fourth-order valence-corrected chi connectivity index (χ4v) is 2.36. The minimum Gasteiger partial charge on any atom is -0.482 e. The monoisotopic (exact) mass is 285 g/mol. The number of carbonyl (C=O) groups excluding carboxylic acids is 1. The molecule has 1 aliphatic rings. The van der Waals surface area contributed by atoms with Crippen LogP contribution in [0.3, 0.4) is 0 Å². The van der Waals surface area contributed by atoms with Crippen molar-refractivity contribution in [3.05, 3.63) is 29.0 Å². The fraction of sp³-hybridized carbons (Fsp3) is 0.500. The highest BCUT2D eigenvalue weighted by Crippen LogP contribution is 2.24. The number of halogens is 2. The number of likely N-dealkylation sites (tertiary alicyclic amines) is 1. The van der Waals surface area contributed by atoms with Gasteiger partial charge in [-0.05, 0) is 31.0 Å². The lowest BCUT2D eigenvalue weighted by molar-refractivity contribution is -0.133. The van der Waals surface area contributed by atoms with Crippen molar-refractivity contribution in [1.82, 2.24) is 4.90 Å². The van der Waals surface area contributed by atoms with Gasteiger partial charge >= 0.3 is 0 Å². The maximum absolute atomic E-state index is 12.9. The molecule has 1 aromatic carbocycles. The quantitative estimate of drug-likeness (QED) is 0.853. The molecule has 0 atom stereocenters. The van der Waals surface area contributed by atoms with E-state index in [1.807, 2.05) is 4.90 Å². The first-order valence-electron chi connectivity index (χ1n) is 6.52. The molecule has 1 aromatic rings. The molecule has 3 nitrogen and oxygen atoms in total. The Morgan fingerprint density at radius 2 is 1.95 bits per heavy atom. The molecule has 0 aliphatic carbocycles. The minimum absolute atomic E-state index is 0.0395. The molecule has 0 aromatic heterocycles. The van der Waals surface area contributed by atoms with E-state index in [0.29, 0.717) is 5.75 Å². The summed E-state index contributed by atoms with van der Waals surface area (Å²) in [5, 5.41) is 0.184. The Hall–Kier alpha value is -1.29. The van der Waals surface area contributed by atoms with Gasteiger partial charge in [0, 0.05) is 13.1 Å². The van der Waals surface area contributed by atoms with Gasteiger partial charge in [-0.2, -0.15) is 0 Å². The summed E-state index contributed by atoms with van der Waals surface area (Å²) < 4.78 is 18.2. The van der Waals surface area contributed by atoms with Gasteiger partial charge in [0.2, 0.25) is 0 Å². The molecule has 1 aliphatic heterocycles. The van der Waals surface area contributed by atoms with Crippen LogP contribution in [-0.4, -0.2) is 30.5 Å². The van der Waals surface area contributed by atoms with Crippen molar-refractivity contribution < 1.29 is 13.9 Å². The van der Waals surface area contributed by atoms with Crippen LogP contribution < -0.4 is 4.74 Å². The van der Waals surface area contributed by atoms with Crippen LogP contribution in [0.2, 0.25) is 5.02 Å². The fourth-order valence-electron chi connectivity index (χ4n) is 2.14. The molecule has 0 bridgehead atoms. The van der Waals surface area contributed by atoms with E-state index in [9.17, 15) is 9.18 Å². The van der Waals surface area contributed by atoms with Gasteiger partial charge in [0.1, 0.15) is 11.6 Å². The van der Waals surface area contributed by atoms with Crippen molar-refractivity contribution in [2.45, 2.75) is 25.7 Å². The average molecular weight is 286 g/mol. The first-order valence-corrected chi connectivity index (χ1v) is 6.90.